The number of rotatable bonds is 2. The molecule has 2 nitrogen and oxygen atoms in total. The van der Waals surface area contributed by atoms with Gasteiger partial charge in [-0.3, -0.25) is 4.79 Å². The van der Waals surface area contributed by atoms with E-state index in [4.69, 9.17) is 4.74 Å². The van der Waals surface area contributed by atoms with Crippen LogP contribution in [-0.2, 0) is 9.53 Å². The molecule has 1 fully saturated rings. The van der Waals surface area contributed by atoms with Crippen LogP contribution in [-0.4, -0.2) is 13.1 Å². The predicted molar refractivity (Wildman–Crippen MR) is 59.3 cm³/mol. The average molecular weight is 208 g/mol. The largest absolute Gasteiger partial charge is 0.469 e. The Hall–Kier alpha value is -0.790. The highest BCUT2D eigenvalue weighted by molar-refractivity contribution is 5.72. The van der Waals surface area contributed by atoms with Gasteiger partial charge in [0, 0.05) is 0 Å². The number of esters is 1. The first-order valence-electron chi connectivity index (χ1n) is 5.87. The maximum atomic E-state index is 11.4. The van der Waals surface area contributed by atoms with E-state index in [2.05, 4.69) is 13.0 Å². The first kappa shape index (κ1) is 10.7. The Morgan fingerprint density at radius 2 is 2.27 bits per heavy atom. The first-order chi connectivity index (χ1) is 7.11. The Morgan fingerprint density at radius 1 is 1.53 bits per heavy atom. The van der Waals surface area contributed by atoms with Crippen LogP contribution in [0.4, 0.5) is 0 Å². The van der Waals surface area contributed by atoms with Crippen LogP contribution >= 0.6 is 0 Å². The zero-order valence-electron chi connectivity index (χ0n) is 9.82. The highest BCUT2D eigenvalue weighted by Crippen LogP contribution is 2.47. The number of fused-ring (bicyclic) bond motifs is 1. The van der Waals surface area contributed by atoms with Gasteiger partial charge in [0.2, 0.25) is 0 Å². The molecule has 0 aromatic carbocycles. The summed E-state index contributed by atoms with van der Waals surface area (Å²) in [5.41, 5.74) is 1.54. The van der Waals surface area contributed by atoms with Gasteiger partial charge in [-0.2, -0.15) is 0 Å². The maximum Gasteiger partial charge on any atom is 0.308 e. The summed E-state index contributed by atoms with van der Waals surface area (Å²) in [6.45, 7) is 4.23. The Labute approximate surface area is 91.7 Å². The van der Waals surface area contributed by atoms with Crippen molar-refractivity contribution in [3.8, 4) is 0 Å². The van der Waals surface area contributed by atoms with E-state index in [1.54, 1.807) is 0 Å². The van der Waals surface area contributed by atoms with Gasteiger partial charge in [0.05, 0.1) is 13.0 Å². The normalized spacial score (nSPS) is 35.9. The molecule has 0 bridgehead atoms. The van der Waals surface area contributed by atoms with Gasteiger partial charge in [-0.05, 0) is 43.9 Å². The second kappa shape index (κ2) is 3.99. The zero-order chi connectivity index (χ0) is 11.0. The molecular formula is C13H20O2. The van der Waals surface area contributed by atoms with Crippen molar-refractivity contribution >= 4 is 5.97 Å². The third kappa shape index (κ3) is 1.95. The van der Waals surface area contributed by atoms with Crippen molar-refractivity contribution in [3.05, 3.63) is 11.6 Å². The van der Waals surface area contributed by atoms with Crippen LogP contribution in [0.2, 0.25) is 0 Å². The highest BCUT2D eigenvalue weighted by Gasteiger charge is 2.40. The smallest absolute Gasteiger partial charge is 0.308 e. The van der Waals surface area contributed by atoms with Crippen LogP contribution in [0.25, 0.3) is 0 Å². The molecule has 2 heteroatoms. The molecule has 4 atom stereocenters. The fraction of sp³-hybridized carbons (Fsp3) is 0.769. The lowest BCUT2D eigenvalue weighted by Gasteiger charge is -2.17. The Bertz CT molecular complexity index is 293. The maximum absolute atomic E-state index is 11.4. The number of allylic oxidation sites excluding steroid dienone is 2. The molecule has 84 valence electrons. The van der Waals surface area contributed by atoms with E-state index in [1.165, 1.54) is 31.9 Å². The predicted octanol–water partition coefficient (Wildman–Crippen LogP) is 2.79. The molecule has 2 aliphatic carbocycles. The molecule has 1 saturated carbocycles. The summed E-state index contributed by atoms with van der Waals surface area (Å²) in [5, 5.41) is 0. The van der Waals surface area contributed by atoms with E-state index >= 15 is 0 Å². The van der Waals surface area contributed by atoms with Crippen molar-refractivity contribution in [2.45, 2.75) is 33.1 Å². The summed E-state index contributed by atoms with van der Waals surface area (Å²) < 4.78 is 4.81. The van der Waals surface area contributed by atoms with Crippen LogP contribution in [0.3, 0.4) is 0 Å². The minimum absolute atomic E-state index is 0.0410. The lowest BCUT2D eigenvalue weighted by atomic mass is 9.90. The number of carbonyl (C=O) groups is 1. The van der Waals surface area contributed by atoms with Gasteiger partial charge < -0.3 is 4.74 Å². The fourth-order valence-corrected chi connectivity index (χ4v) is 3.27. The van der Waals surface area contributed by atoms with Gasteiger partial charge in [-0.1, -0.05) is 18.6 Å². The third-order valence-corrected chi connectivity index (χ3v) is 4.15. The quantitative estimate of drug-likeness (QED) is 0.515. The summed E-state index contributed by atoms with van der Waals surface area (Å²) in [5.74, 6) is 2.12. The standard InChI is InChI=1S/C13H20O2/c1-8-4-11-6-10(7-12(11)5-8)9(2)13(14)15-3/h4,9-12H,5-7H2,1-3H3/t9?,10?,11-,12+/m0/s1. The zero-order valence-corrected chi connectivity index (χ0v) is 9.82. The molecule has 0 N–H and O–H groups in total. The molecule has 0 aromatic rings. The van der Waals surface area contributed by atoms with E-state index in [1.807, 2.05) is 6.92 Å². The van der Waals surface area contributed by atoms with Crippen LogP contribution in [0.1, 0.15) is 33.1 Å². The summed E-state index contributed by atoms with van der Waals surface area (Å²) in [6.07, 6.45) is 6.04. The van der Waals surface area contributed by atoms with Crippen molar-refractivity contribution in [2.24, 2.45) is 23.7 Å². The number of methoxy groups -OCH3 is 1. The SMILES string of the molecule is COC(=O)C(C)C1C[C@H]2CC(C)=C[C@H]2C1. The van der Waals surface area contributed by atoms with Crippen molar-refractivity contribution in [2.75, 3.05) is 7.11 Å². The summed E-state index contributed by atoms with van der Waals surface area (Å²) in [4.78, 5) is 11.4. The van der Waals surface area contributed by atoms with E-state index in [0.717, 1.165) is 11.8 Å². The van der Waals surface area contributed by atoms with E-state index in [0.29, 0.717) is 5.92 Å². The van der Waals surface area contributed by atoms with Crippen molar-refractivity contribution in [3.63, 3.8) is 0 Å². The molecule has 2 rings (SSSR count). The number of ether oxygens (including phenoxy) is 1. The van der Waals surface area contributed by atoms with Gasteiger partial charge in [0.1, 0.15) is 0 Å². The van der Waals surface area contributed by atoms with Crippen molar-refractivity contribution in [1.82, 2.24) is 0 Å². The molecule has 0 aromatic heterocycles. The Kier molecular flexibility index (Phi) is 2.85. The summed E-state index contributed by atoms with van der Waals surface area (Å²) in [6, 6.07) is 0. The molecule has 2 unspecified atom stereocenters. The number of hydrogen-bond acceptors (Lipinski definition) is 2. The minimum Gasteiger partial charge on any atom is -0.469 e. The molecule has 15 heavy (non-hydrogen) atoms. The molecule has 0 aliphatic heterocycles. The first-order valence-corrected chi connectivity index (χ1v) is 5.87. The van der Waals surface area contributed by atoms with Gasteiger partial charge in [0.25, 0.3) is 0 Å². The molecular weight excluding hydrogens is 188 g/mol. The van der Waals surface area contributed by atoms with E-state index in [9.17, 15) is 4.79 Å². The number of carbonyl (C=O) groups excluding carboxylic acids is 1. The lowest BCUT2D eigenvalue weighted by Crippen LogP contribution is -2.20. The molecule has 0 amide bonds. The van der Waals surface area contributed by atoms with Gasteiger partial charge in [-0.25, -0.2) is 0 Å². The fourth-order valence-electron chi connectivity index (χ4n) is 3.27. The van der Waals surface area contributed by atoms with Gasteiger partial charge in [-0.15, -0.1) is 0 Å². The Morgan fingerprint density at radius 3 is 2.87 bits per heavy atom. The van der Waals surface area contributed by atoms with Gasteiger partial charge >= 0.3 is 5.97 Å². The minimum atomic E-state index is -0.0410. The molecule has 0 radical (unpaired) electrons. The second-order valence-electron chi connectivity index (χ2n) is 5.18. The van der Waals surface area contributed by atoms with Crippen LogP contribution in [0.15, 0.2) is 11.6 Å². The van der Waals surface area contributed by atoms with Crippen LogP contribution < -0.4 is 0 Å². The van der Waals surface area contributed by atoms with E-state index in [-0.39, 0.29) is 11.9 Å². The molecule has 0 spiro atoms. The highest BCUT2D eigenvalue weighted by atomic mass is 16.5. The van der Waals surface area contributed by atoms with E-state index < -0.39 is 0 Å². The lowest BCUT2D eigenvalue weighted by molar-refractivity contribution is -0.146. The average Bonchev–Trinajstić information content (AvgIpc) is 2.72. The number of hydrogen-bond donors (Lipinski definition) is 0. The van der Waals surface area contributed by atoms with Crippen molar-refractivity contribution < 1.29 is 9.53 Å². The molecule has 0 saturated heterocycles. The van der Waals surface area contributed by atoms with Crippen LogP contribution in [0, 0.1) is 23.7 Å². The molecule has 2 aliphatic rings. The topological polar surface area (TPSA) is 26.3 Å². The Balaban J connectivity index is 1.97. The van der Waals surface area contributed by atoms with Crippen LogP contribution in [0.5, 0.6) is 0 Å². The third-order valence-electron chi connectivity index (χ3n) is 4.15. The summed E-state index contributed by atoms with van der Waals surface area (Å²) >= 11 is 0. The van der Waals surface area contributed by atoms with Crippen molar-refractivity contribution in [1.29, 1.82) is 0 Å². The molecule has 0 heterocycles. The summed E-state index contributed by atoms with van der Waals surface area (Å²) in [7, 11) is 1.48. The van der Waals surface area contributed by atoms with Gasteiger partial charge in [0.15, 0.2) is 0 Å². The second-order valence-corrected chi connectivity index (χ2v) is 5.18. The monoisotopic (exact) mass is 208 g/mol.